The summed E-state index contributed by atoms with van der Waals surface area (Å²) in [4.78, 5) is 30.0. The summed E-state index contributed by atoms with van der Waals surface area (Å²) in [5, 5.41) is 3.42. The van der Waals surface area contributed by atoms with Gasteiger partial charge in [-0.25, -0.2) is 0 Å². The quantitative estimate of drug-likeness (QED) is 0.879. The van der Waals surface area contributed by atoms with Crippen molar-refractivity contribution in [3.05, 3.63) is 59.7 Å². The topological polar surface area (TPSA) is 52.7 Å². The first kappa shape index (κ1) is 13.6. The SMILES string of the molecule is CN1C(=O)[C@@]2(Nc3ccccc3C(=O)N2C2CC2)c2ccccc21. The highest BCUT2D eigenvalue weighted by atomic mass is 16.2. The number of likely N-dealkylation sites (N-methyl/N-ethyl adjacent to an activating group) is 1. The van der Waals surface area contributed by atoms with Gasteiger partial charge in [-0.3, -0.25) is 9.59 Å². The van der Waals surface area contributed by atoms with Crippen LogP contribution in [0, 0.1) is 0 Å². The molecule has 24 heavy (non-hydrogen) atoms. The van der Waals surface area contributed by atoms with Crippen LogP contribution in [0.1, 0.15) is 28.8 Å². The summed E-state index contributed by atoms with van der Waals surface area (Å²) in [7, 11) is 1.77. The lowest BCUT2D eigenvalue weighted by Gasteiger charge is -2.45. The number of carbonyl (C=O) groups excluding carboxylic acids is 2. The van der Waals surface area contributed by atoms with Crippen molar-refractivity contribution in [2.75, 3.05) is 17.3 Å². The number of carbonyl (C=O) groups is 2. The summed E-state index contributed by atoms with van der Waals surface area (Å²) < 4.78 is 0. The summed E-state index contributed by atoms with van der Waals surface area (Å²) in [6, 6.07) is 15.3. The maximum absolute atomic E-state index is 13.3. The molecular formula is C19H17N3O2. The predicted octanol–water partition coefficient (Wildman–Crippen LogP) is 2.55. The number of hydrogen-bond acceptors (Lipinski definition) is 3. The van der Waals surface area contributed by atoms with Crippen molar-refractivity contribution < 1.29 is 9.59 Å². The average molecular weight is 319 g/mol. The molecule has 2 heterocycles. The third-order valence-corrected chi connectivity index (χ3v) is 5.23. The van der Waals surface area contributed by atoms with Crippen LogP contribution < -0.4 is 10.2 Å². The Morgan fingerprint density at radius 1 is 1.04 bits per heavy atom. The highest BCUT2D eigenvalue weighted by molar-refractivity contribution is 6.15. The van der Waals surface area contributed by atoms with Crippen LogP contribution in [0.5, 0.6) is 0 Å². The van der Waals surface area contributed by atoms with E-state index in [1.165, 1.54) is 0 Å². The molecule has 2 aliphatic heterocycles. The smallest absolute Gasteiger partial charge is 0.278 e. The van der Waals surface area contributed by atoms with E-state index in [2.05, 4.69) is 5.32 Å². The standard InChI is InChI=1S/C19H17N3O2/c1-21-16-9-5-3-7-14(16)19(18(21)24)20-15-8-4-2-6-13(15)17(23)22(19)12-10-11-12/h2-9,12,20H,10-11H2,1H3/t19-/m1/s1. The molecule has 2 amide bonds. The van der Waals surface area contributed by atoms with Crippen LogP contribution in [0.3, 0.4) is 0 Å². The molecular weight excluding hydrogens is 302 g/mol. The first-order valence-corrected chi connectivity index (χ1v) is 8.23. The van der Waals surface area contributed by atoms with Gasteiger partial charge in [0.05, 0.1) is 11.3 Å². The Hall–Kier alpha value is -2.82. The maximum Gasteiger partial charge on any atom is 0.278 e. The molecule has 2 aromatic carbocycles. The average Bonchev–Trinajstić information content (AvgIpc) is 3.42. The van der Waals surface area contributed by atoms with Crippen molar-refractivity contribution in [1.29, 1.82) is 0 Å². The van der Waals surface area contributed by atoms with Gasteiger partial charge in [-0.15, -0.1) is 0 Å². The van der Waals surface area contributed by atoms with Crippen LogP contribution >= 0.6 is 0 Å². The summed E-state index contributed by atoms with van der Waals surface area (Å²) in [6.45, 7) is 0. The van der Waals surface area contributed by atoms with Crippen molar-refractivity contribution in [1.82, 2.24) is 4.90 Å². The van der Waals surface area contributed by atoms with Crippen LogP contribution in [0.2, 0.25) is 0 Å². The van der Waals surface area contributed by atoms with Crippen LogP contribution in [-0.2, 0) is 10.5 Å². The summed E-state index contributed by atoms with van der Waals surface area (Å²) >= 11 is 0. The second-order valence-corrected chi connectivity index (χ2v) is 6.67. The lowest BCUT2D eigenvalue weighted by atomic mass is 9.92. The van der Waals surface area contributed by atoms with Gasteiger partial charge >= 0.3 is 0 Å². The molecule has 0 bridgehead atoms. The Labute approximate surface area is 139 Å². The molecule has 0 unspecified atom stereocenters. The molecule has 1 spiro atoms. The fraction of sp³-hybridized carbons (Fsp3) is 0.263. The lowest BCUT2D eigenvalue weighted by molar-refractivity contribution is -0.127. The minimum absolute atomic E-state index is 0.0645. The van der Waals surface area contributed by atoms with Crippen LogP contribution in [0.4, 0.5) is 11.4 Å². The van der Waals surface area contributed by atoms with Crippen LogP contribution in [0.25, 0.3) is 0 Å². The molecule has 5 rings (SSSR count). The highest BCUT2D eigenvalue weighted by Crippen LogP contribution is 2.50. The van der Waals surface area contributed by atoms with Gasteiger partial charge in [0.25, 0.3) is 11.8 Å². The second-order valence-electron chi connectivity index (χ2n) is 6.67. The molecule has 5 heteroatoms. The van der Waals surface area contributed by atoms with Gasteiger partial charge in [-0.1, -0.05) is 30.3 Å². The number of amides is 2. The molecule has 1 N–H and O–H groups in total. The van der Waals surface area contributed by atoms with E-state index in [1.807, 2.05) is 48.5 Å². The van der Waals surface area contributed by atoms with E-state index in [0.29, 0.717) is 5.56 Å². The Bertz CT molecular complexity index is 890. The summed E-state index contributed by atoms with van der Waals surface area (Å²) in [6.07, 6.45) is 1.88. The van der Waals surface area contributed by atoms with E-state index in [1.54, 1.807) is 16.8 Å². The maximum atomic E-state index is 13.3. The number of nitrogens with one attached hydrogen (secondary N) is 1. The zero-order valence-electron chi connectivity index (χ0n) is 13.3. The van der Waals surface area contributed by atoms with E-state index in [-0.39, 0.29) is 17.9 Å². The number of anilines is 2. The molecule has 1 atom stereocenters. The molecule has 120 valence electrons. The first-order valence-electron chi connectivity index (χ1n) is 8.23. The van der Waals surface area contributed by atoms with Crippen molar-refractivity contribution in [3.63, 3.8) is 0 Å². The van der Waals surface area contributed by atoms with Gasteiger partial charge in [0.2, 0.25) is 5.66 Å². The molecule has 0 radical (unpaired) electrons. The van der Waals surface area contributed by atoms with Crippen LogP contribution in [-0.4, -0.2) is 29.8 Å². The van der Waals surface area contributed by atoms with E-state index < -0.39 is 5.66 Å². The predicted molar refractivity (Wildman–Crippen MR) is 90.8 cm³/mol. The van der Waals surface area contributed by atoms with Crippen molar-refractivity contribution >= 4 is 23.2 Å². The summed E-state index contributed by atoms with van der Waals surface area (Å²) in [5.74, 6) is -0.163. The van der Waals surface area contributed by atoms with E-state index in [9.17, 15) is 9.59 Å². The van der Waals surface area contributed by atoms with E-state index in [0.717, 1.165) is 29.8 Å². The Morgan fingerprint density at radius 2 is 1.75 bits per heavy atom. The van der Waals surface area contributed by atoms with E-state index in [4.69, 9.17) is 0 Å². The van der Waals surface area contributed by atoms with Crippen molar-refractivity contribution in [2.24, 2.45) is 0 Å². The third kappa shape index (κ3) is 1.49. The van der Waals surface area contributed by atoms with Gasteiger partial charge in [0.1, 0.15) is 0 Å². The van der Waals surface area contributed by atoms with Gasteiger partial charge in [-0.05, 0) is 31.0 Å². The summed E-state index contributed by atoms with van der Waals surface area (Å²) in [5.41, 5.74) is 1.94. The van der Waals surface area contributed by atoms with Gasteiger partial charge < -0.3 is 15.1 Å². The molecule has 2 aromatic rings. The second kappa shape index (κ2) is 4.38. The van der Waals surface area contributed by atoms with Crippen LogP contribution in [0.15, 0.2) is 48.5 Å². The van der Waals surface area contributed by atoms with Gasteiger partial charge in [-0.2, -0.15) is 0 Å². The fourth-order valence-corrected chi connectivity index (χ4v) is 3.98. The molecule has 1 saturated carbocycles. The number of benzene rings is 2. The van der Waals surface area contributed by atoms with Gasteiger partial charge in [0, 0.05) is 24.3 Å². The monoisotopic (exact) mass is 319 g/mol. The minimum Gasteiger partial charge on any atom is -0.350 e. The molecule has 3 aliphatic rings. The zero-order chi connectivity index (χ0) is 16.5. The number of nitrogens with zero attached hydrogens (tertiary/aromatic N) is 2. The fourth-order valence-electron chi connectivity index (χ4n) is 3.98. The number of para-hydroxylation sites is 2. The van der Waals surface area contributed by atoms with E-state index >= 15 is 0 Å². The normalized spacial score (nSPS) is 24.9. The van der Waals surface area contributed by atoms with Crippen molar-refractivity contribution in [3.8, 4) is 0 Å². The highest BCUT2D eigenvalue weighted by Gasteiger charge is 2.61. The molecule has 0 saturated heterocycles. The number of hydrogen-bond donors (Lipinski definition) is 1. The van der Waals surface area contributed by atoms with Gasteiger partial charge in [0.15, 0.2) is 0 Å². The van der Waals surface area contributed by atoms with Crippen molar-refractivity contribution in [2.45, 2.75) is 24.5 Å². The molecule has 5 nitrogen and oxygen atoms in total. The molecule has 1 aliphatic carbocycles. The Balaban J connectivity index is 1.80. The third-order valence-electron chi connectivity index (χ3n) is 5.23. The number of rotatable bonds is 1. The minimum atomic E-state index is -1.13. The largest absolute Gasteiger partial charge is 0.350 e. The first-order chi connectivity index (χ1) is 11.6. The lowest BCUT2D eigenvalue weighted by Crippen LogP contribution is -2.63. The Morgan fingerprint density at radius 3 is 2.54 bits per heavy atom. The number of fused-ring (bicyclic) bond motifs is 3. The Kier molecular flexibility index (Phi) is 2.48. The molecule has 0 aromatic heterocycles. The zero-order valence-corrected chi connectivity index (χ0v) is 13.3. The molecule has 1 fully saturated rings.